The summed E-state index contributed by atoms with van der Waals surface area (Å²) in [6, 6.07) is 2.09. The normalized spacial score (nSPS) is 15.0. The van der Waals surface area contributed by atoms with Gasteiger partial charge in [0.05, 0.1) is 12.2 Å². The highest BCUT2D eigenvalue weighted by atomic mass is 19.1. The van der Waals surface area contributed by atoms with Crippen molar-refractivity contribution >= 4 is 17.8 Å². The number of benzene rings is 1. The van der Waals surface area contributed by atoms with Gasteiger partial charge in [0.1, 0.15) is 24.6 Å². The molecule has 0 bridgehead atoms. The molecular formula is C17H17F2N5O3. The SMILES string of the molecule is Cc1c([C@H](C)NC(=O)CN2CC(=O)NC2=O)cnn1-c1ccc(F)cc1F. The molecule has 4 amide bonds. The summed E-state index contributed by atoms with van der Waals surface area (Å²) >= 11 is 0. The van der Waals surface area contributed by atoms with E-state index in [1.807, 2.05) is 0 Å². The van der Waals surface area contributed by atoms with Crippen LogP contribution in [0.1, 0.15) is 24.2 Å². The van der Waals surface area contributed by atoms with E-state index in [2.05, 4.69) is 15.7 Å². The molecule has 1 aromatic heterocycles. The second-order valence-corrected chi connectivity index (χ2v) is 6.19. The molecule has 1 aliphatic heterocycles. The molecule has 0 spiro atoms. The van der Waals surface area contributed by atoms with Crippen LogP contribution in [-0.4, -0.2) is 45.6 Å². The molecule has 1 fully saturated rings. The number of hydrogen-bond acceptors (Lipinski definition) is 4. The minimum absolute atomic E-state index is 0.0888. The lowest BCUT2D eigenvalue weighted by atomic mass is 10.1. The molecule has 1 atom stereocenters. The van der Waals surface area contributed by atoms with E-state index in [1.54, 1.807) is 13.8 Å². The Morgan fingerprint density at radius 1 is 1.37 bits per heavy atom. The van der Waals surface area contributed by atoms with E-state index in [-0.39, 0.29) is 18.8 Å². The molecule has 2 N–H and O–H groups in total. The summed E-state index contributed by atoms with van der Waals surface area (Å²) < 4.78 is 28.4. The Morgan fingerprint density at radius 2 is 2.11 bits per heavy atom. The highest BCUT2D eigenvalue weighted by Gasteiger charge is 2.28. The molecule has 1 aromatic carbocycles. The Hall–Kier alpha value is -3.30. The van der Waals surface area contributed by atoms with E-state index in [9.17, 15) is 23.2 Å². The number of hydrogen-bond donors (Lipinski definition) is 2. The van der Waals surface area contributed by atoms with Gasteiger partial charge in [0, 0.05) is 17.3 Å². The number of urea groups is 1. The summed E-state index contributed by atoms with van der Waals surface area (Å²) in [6.07, 6.45) is 1.48. The fraction of sp³-hybridized carbons (Fsp3) is 0.294. The van der Waals surface area contributed by atoms with Crippen molar-refractivity contribution < 1.29 is 23.2 Å². The van der Waals surface area contributed by atoms with Crippen LogP contribution in [0.2, 0.25) is 0 Å². The van der Waals surface area contributed by atoms with Crippen molar-refractivity contribution in [3.63, 3.8) is 0 Å². The van der Waals surface area contributed by atoms with Crippen molar-refractivity contribution in [1.29, 1.82) is 0 Å². The Labute approximate surface area is 153 Å². The lowest BCUT2D eigenvalue weighted by Crippen LogP contribution is -2.39. The van der Waals surface area contributed by atoms with Crippen LogP contribution in [0.5, 0.6) is 0 Å². The first kappa shape index (κ1) is 18.5. The first-order chi connectivity index (χ1) is 12.8. The lowest BCUT2D eigenvalue weighted by molar-refractivity contribution is -0.122. The summed E-state index contributed by atoms with van der Waals surface area (Å²) in [6.45, 7) is 2.98. The van der Waals surface area contributed by atoms with Gasteiger partial charge in [-0.3, -0.25) is 14.9 Å². The molecule has 27 heavy (non-hydrogen) atoms. The van der Waals surface area contributed by atoms with Gasteiger partial charge in [-0.1, -0.05) is 0 Å². The number of imide groups is 1. The Bertz CT molecular complexity index is 927. The largest absolute Gasteiger partial charge is 0.348 e. The first-order valence-corrected chi connectivity index (χ1v) is 8.14. The number of rotatable bonds is 5. The van der Waals surface area contributed by atoms with Gasteiger partial charge in [-0.2, -0.15) is 5.10 Å². The zero-order valence-corrected chi connectivity index (χ0v) is 14.6. The highest BCUT2D eigenvalue weighted by molar-refractivity contribution is 6.03. The van der Waals surface area contributed by atoms with Crippen molar-refractivity contribution in [3.05, 3.63) is 47.3 Å². The summed E-state index contributed by atoms with van der Waals surface area (Å²) in [5, 5.41) is 8.91. The standard InChI is InChI=1S/C17H17F2N5O3/c1-9(21-15(25)7-23-8-16(26)22-17(23)27)12-6-20-24(10(12)2)14-4-3-11(18)5-13(14)19/h3-6,9H,7-8H2,1-2H3,(H,21,25)(H,22,26,27)/t9-/m0/s1. The highest BCUT2D eigenvalue weighted by Crippen LogP contribution is 2.22. The van der Waals surface area contributed by atoms with Crippen molar-refractivity contribution in [2.75, 3.05) is 13.1 Å². The van der Waals surface area contributed by atoms with Gasteiger partial charge in [-0.05, 0) is 26.0 Å². The van der Waals surface area contributed by atoms with Crippen LogP contribution in [0, 0.1) is 18.6 Å². The van der Waals surface area contributed by atoms with E-state index in [1.165, 1.54) is 16.9 Å². The predicted molar refractivity (Wildman–Crippen MR) is 89.9 cm³/mol. The quantitative estimate of drug-likeness (QED) is 0.765. The molecule has 0 unspecified atom stereocenters. The zero-order chi connectivity index (χ0) is 19.7. The van der Waals surface area contributed by atoms with Crippen LogP contribution in [-0.2, 0) is 9.59 Å². The van der Waals surface area contributed by atoms with Crippen LogP contribution >= 0.6 is 0 Å². The van der Waals surface area contributed by atoms with E-state index < -0.39 is 35.5 Å². The first-order valence-electron chi connectivity index (χ1n) is 8.14. The molecule has 0 radical (unpaired) electrons. The van der Waals surface area contributed by atoms with E-state index in [0.29, 0.717) is 11.3 Å². The molecular weight excluding hydrogens is 360 g/mol. The van der Waals surface area contributed by atoms with Crippen molar-refractivity contribution in [2.45, 2.75) is 19.9 Å². The van der Waals surface area contributed by atoms with Gasteiger partial charge in [0.25, 0.3) is 0 Å². The number of halogens is 2. The molecule has 1 saturated heterocycles. The second kappa shape index (κ2) is 7.14. The fourth-order valence-corrected chi connectivity index (χ4v) is 2.89. The zero-order valence-electron chi connectivity index (χ0n) is 14.6. The molecule has 8 nitrogen and oxygen atoms in total. The minimum atomic E-state index is -0.755. The molecule has 10 heteroatoms. The van der Waals surface area contributed by atoms with Crippen LogP contribution < -0.4 is 10.6 Å². The third kappa shape index (κ3) is 3.78. The van der Waals surface area contributed by atoms with Crippen LogP contribution in [0.4, 0.5) is 13.6 Å². The topological polar surface area (TPSA) is 96.3 Å². The smallest absolute Gasteiger partial charge is 0.325 e. The van der Waals surface area contributed by atoms with Crippen LogP contribution in [0.15, 0.2) is 24.4 Å². The molecule has 2 heterocycles. The molecule has 0 aliphatic carbocycles. The van der Waals surface area contributed by atoms with Crippen LogP contribution in [0.25, 0.3) is 5.69 Å². The van der Waals surface area contributed by atoms with Crippen molar-refractivity contribution in [2.24, 2.45) is 0 Å². The summed E-state index contributed by atoms with van der Waals surface area (Å²) in [7, 11) is 0. The molecule has 142 valence electrons. The Balaban J connectivity index is 1.71. The van der Waals surface area contributed by atoms with Gasteiger partial charge < -0.3 is 10.2 Å². The maximum atomic E-state index is 14.0. The summed E-state index contributed by atoms with van der Waals surface area (Å²) in [5.74, 6) is -2.35. The van der Waals surface area contributed by atoms with Gasteiger partial charge in [-0.15, -0.1) is 0 Å². The fourth-order valence-electron chi connectivity index (χ4n) is 2.89. The number of aromatic nitrogens is 2. The maximum Gasteiger partial charge on any atom is 0.325 e. The summed E-state index contributed by atoms with van der Waals surface area (Å²) in [5.41, 5.74) is 1.29. The number of amides is 4. The number of nitrogens with zero attached hydrogens (tertiary/aromatic N) is 3. The Morgan fingerprint density at radius 3 is 2.74 bits per heavy atom. The van der Waals surface area contributed by atoms with Crippen LogP contribution in [0.3, 0.4) is 0 Å². The minimum Gasteiger partial charge on any atom is -0.348 e. The number of carbonyl (C=O) groups is 3. The number of carbonyl (C=O) groups excluding carboxylic acids is 3. The van der Waals surface area contributed by atoms with Gasteiger partial charge >= 0.3 is 6.03 Å². The Kier molecular flexibility index (Phi) is 4.89. The van der Waals surface area contributed by atoms with E-state index in [0.717, 1.165) is 17.0 Å². The van der Waals surface area contributed by atoms with E-state index >= 15 is 0 Å². The average molecular weight is 377 g/mol. The van der Waals surface area contributed by atoms with Gasteiger partial charge in [-0.25, -0.2) is 18.3 Å². The molecule has 2 aromatic rings. The second-order valence-electron chi connectivity index (χ2n) is 6.19. The molecule has 3 rings (SSSR count). The third-order valence-electron chi connectivity index (χ3n) is 4.23. The van der Waals surface area contributed by atoms with Gasteiger partial charge in [0.2, 0.25) is 11.8 Å². The number of nitrogens with one attached hydrogen (secondary N) is 2. The van der Waals surface area contributed by atoms with Gasteiger partial charge in [0.15, 0.2) is 5.82 Å². The molecule has 0 saturated carbocycles. The lowest BCUT2D eigenvalue weighted by Gasteiger charge is -2.17. The third-order valence-corrected chi connectivity index (χ3v) is 4.23. The van der Waals surface area contributed by atoms with E-state index in [4.69, 9.17) is 0 Å². The molecule has 1 aliphatic rings. The predicted octanol–water partition coefficient (Wildman–Crippen LogP) is 1.19. The average Bonchev–Trinajstić information content (AvgIpc) is 3.09. The van der Waals surface area contributed by atoms with Crippen molar-refractivity contribution in [1.82, 2.24) is 25.3 Å². The monoisotopic (exact) mass is 377 g/mol. The summed E-state index contributed by atoms with van der Waals surface area (Å²) in [4.78, 5) is 35.9. The maximum absolute atomic E-state index is 14.0. The van der Waals surface area contributed by atoms with Crippen molar-refractivity contribution in [3.8, 4) is 5.69 Å².